The molecule has 1 N–H and O–H groups in total. The predicted octanol–water partition coefficient (Wildman–Crippen LogP) is 3.11. The molecule has 2 rings (SSSR count). The van der Waals surface area contributed by atoms with Gasteiger partial charge < -0.3 is 10.1 Å². The standard InChI is InChI=1S/C16H17ClN2O2/c1-2-21-15-11-13(8-9-18-15)16(20)19-10-7-12-5-3-4-6-14(12)17/h3-6,8-9,11H,2,7,10H2,1H3,(H,19,20). The predicted molar refractivity (Wildman–Crippen MR) is 82.9 cm³/mol. The first-order chi connectivity index (χ1) is 10.2. The molecule has 0 radical (unpaired) electrons. The minimum atomic E-state index is -0.148. The molecule has 1 amide bonds. The fourth-order valence-electron chi connectivity index (χ4n) is 1.89. The maximum absolute atomic E-state index is 12.0. The second-order valence-electron chi connectivity index (χ2n) is 4.41. The number of amides is 1. The van der Waals surface area contributed by atoms with Gasteiger partial charge in [-0.15, -0.1) is 0 Å². The molecule has 0 unspecified atom stereocenters. The number of hydrogen-bond acceptors (Lipinski definition) is 3. The van der Waals surface area contributed by atoms with E-state index in [0.717, 1.165) is 5.56 Å². The molecule has 0 aliphatic carbocycles. The number of carbonyl (C=O) groups is 1. The minimum Gasteiger partial charge on any atom is -0.478 e. The molecule has 0 fully saturated rings. The van der Waals surface area contributed by atoms with Crippen molar-refractivity contribution in [2.45, 2.75) is 13.3 Å². The van der Waals surface area contributed by atoms with E-state index < -0.39 is 0 Å². The molecule has 0 bridgehead atoms. The number of halogens is 1. The highest BCUT2D eigenvalue weighted by atomic mass is 35.5. The van der Waals surface area contributed by atoms with Crippen LogP contribution in [0.2, 0.25) is 5.02 Å². The third kappa shape index (κ3) is 4.46. The molecule has 0 aliphatic rings. The molecule has 5 heteroatoms. The highest BCUT2D eigenvalue weighted by molar-refractivity contribution is 6.31. The Balaban J connectivity index is 1.90. The zero-order valence-electron chi connectivity index (χ0n) is 11.8. The van der Waals surface area contributed by atoms with Crippen LogP contribution in [-0.2, 0) is 6.42 Å². The van der Waals surface area contributed by atoms with Crippen molar-refractivity contribution >= 4 is 17.5 Å². The number of nitrogens with one attached hydrogen (secondary N) is 1. The first-order valence-corrected chi connectivity index (χ1v) is 7.19. The number of aromatic nitrogens is 1. The normalized spacial score (nSPS) is 10.2. The second kappa shape index (κ2) is 7.64. The van der Waals surface area contributed by atoms with E-state index in [1.807, 2.05) is 31.2 Å². The smallest absolute Gasteiger partial charge is 0.251 e. The van der Waals surface area contributed by atoms with Crippen molar-refractivity contribution in [2.75, 3.05) is 13.2 Å². The number of rotatable bonds is 6. The summed E-state index contributed by atoms with van der Waals surface area (Å²) in [6.07, 6.45) is 2.25. The SMILES string of the molecule is CCOc1cc(C(=O)NCCc2ccccc2Cl)ccn1. The van der Waals surface area contributed by atoms with Gasteiger partial charge >= 0.3 is 0 Å². The largest absolute Gasteiger partial charge is 0.478 e. The fraction of sp³-hybridized carbons (Fsp3) is 0.250. The second-order valence-corrected chi connectivity index (χ2v) is 4.82. The average Bonchev–Trinajstić information content (AvgIpc) is 2.50. The molecule has 1 aromatic heterocycles. The summed E-state index contributed by atoms with van der Waals surface area (Å²) < 4.78 is 5.28. The van der Waals surface area contributed by atoms with Crippen LogP contribution in [-0.4, -0.2) is 24.0 Å². The highest BCUT2D eigenvalue weighted by Gasteiger charge is 2.07. The van der Waals surface area contributed by atoms with Crippen LogP contribution in [0.25, 0.3) is 0 Å². The van der Waals surface area contributed by atoms with Gasteiger partial charge in [-0.1, -0.05) is 29.8 Å². The van der Waals surface area contributed by atoms with Gasteiger partial charge in [0.25, 0.3) is 5.91 Å². The van der Waals surface area contributed by atoms with Gasteiger partial charge in [-0.05, 0) is 31.0 Å². The first-order valence-electron chi connectivity index (χ1n) is 6.81. The average molecular weight is 305 g/mol. The summed E-state index contributed by atoms with van der Waals surface area (Å²) in [5.74, 6) is 0.307. The highest BCUT2D eigenvalue weighted by Crippen LogP contribution is 2.15. The monoisotopic (exact) mass is 304 g/mol. The zero-order valence-corrected chi connectivity index (χ0v) is 12.6. The number of benzene rings is 1. The first kappa shape index (κ1) is 15.3. The van der Waals surface area contributed by atoms with Gasteiger partial charge in [0, 0.05) is 29.4 Å². The Morgan fingerprint density at radius 1 is 1.33 bits per heavy atom. The summed E-state index contributed by atoms with van der Waals surface area (Å²) in [4.78, 5) is 16.1. The van der Waals surface area contributed by atoms with E-state index in [0.29, 0.717) is 36.0 Å². The van der Waals surface area contributed by atoms with Gasteiger partial charge in [0.2, 0.25) is 5.88 Å². The topological polar surface area (TPSA) is 51.2 Å². The third-order valence-electron chi connectivity index (χ3n) is 2.93. The van der Waals surface area contributed by atoms with Crippen LogP contribution in [0.5, 0.6) is 5.88 Å². The molecule has 110 valence electrons. The molecule has 0 aliphatic heterocycles. The molecule has 1 aromatic carbocycles. The Hall–Kier alpha value is -2.07. The lowest BCUT2D eigenvalue weighted by molar-refractivity contribution is 0.0953. The van der Waals surface area contributed by atoms with Crippen LogP contribution in [0.3, 0.4) is 0 Å². The van der Waals surface area contributed by atoms with Crippen molar-refractivity contribution < 1.29 is 9.53 Å². The van der Waals surface area contributed by atoms with E-state index in [2.05, 4.69) is 10.3 Å². The zero-order chi connectivity index (χ0) is 15.1. The van der Waals surface area contributed by atoms with Crippen LogP contribution in [0, 0.1) is 0 Å². The molecule has 4 nitrogen and oxygen atoms in total. The number of carbonyl (C=O) groups excluding carboxylic acids is 1. The van der Waals surface area contributed by atoms with Gasteiger partial charge in [0.05, 0.1) is 6.61 Å². The summed E-state index contributed by atoms with van der Waals surface area (Å²) in [7, 11) is 0. The van der Waals surface area contributed by atoms with Gasteiger partial charge in [0.15, 0.2) is 0 Å². The van der Waals surface area contributed by atoms with E-state index >= 15 is 0 Å². The maximum Gasteiger partial charge on any atom is 0.251 e. The molecule has 0 atom stereocenters. The summed E-state index contributed by atoms with van der Waals surface area (Å²) in [5, 5.41) is 3.58. The quantitative estimate of drug-likeness (QED) is 0.892. The van der Waals surface area contributed by atoms with Crippen LogP contribution in [0.1, 0.15) is 22.8 Å². The number of ether oxygens (including phenoxy) is 1. The lowest BCUT2D eigenvalue weighted by atomic mass is 10.1. The fourth-order valence-corrected chi connectivity index (χ4v) is 2.12. The Bertz CT molecular complexity index is 617. The summed E-state index contributed by atoms with van der Waals surface area (Å²) in [6.45, 7) is 2.91. The lowest BCUT2D eigenvalue weighted by Crippen LogP contribution is -2.25. The Kier molecular flexibility index (Phi) is 5.58. The van der Waals surface area contributed by atoms with E-state index in [-0.39, 0.29) is 5.91 Å². The van der Waals surface area contributed by atoms with Crippen molar-refractivity contribution in [1.29, 1.82) is 0 Å². The molecule has 2 aromatic rings. The minimum absolute atomic E-state index is 0.148. The number of nitrogens with zero attached hydrogens (tertiary/aromatic N) is 1. The molecular weight excluding hydrogens is 288 g/mol. The molecule has 1 heterocycles. The van der Waals surface area contributed by atoms with Gasteiger partial charge in [-0.25, -0.2) is 4.98 Å². The van der Waals surface area contributed by atoms with Crippen molar-refractivity contribution in [1.82, 2.24) is 10.3 Å². The Morgan fingerprint density at radius 2 is 2.14 bits per heavy atom. The summed E-state index contributed by atoms with van der Waals surface area (Å²) in [5.41, 5.74) is 1.55. The van der Waals surface area contributed by atoms with Crippen molar-refractivity contribution in [2.24, 2.45) is 0 Å². The van der Waals surface area contributed by atoms with Crippen LogP contribution in [0.4, 0.5) is 0 Å². The molecule has 0 saturated carbocycles. The number of pyridine rings is 1. The van der Waals surface area contributed by atoms with Crippen molar-refractivity contribution in [3.05, 3.63) is 58.7 Å². The van der Waals surface area contributed by atoms with E-state index in [4.69, 9.17) is 16.3 Å². The van der Waals surface area contributed by atoms with Gasteiger partial charge in [-0.3, -0.25) is 4.79 Å². The number of hydrogen-bond donors (Lipinski definition) is 1. The van der Waals surface area contributed by atoms with Crippen LogP contribution >= 0.6 is 11.6 Å². The summed E-state index contributed by atoms with van der Waals surface area (Å²) >= 11 is 6.07. The van der Waals surface area contributed by atoms with Crippen molar-refractivity contribution in [3.63, 3.8) is 0 Å². The Morgan fingerprint density at radius 3 is 2.90 bits per heavy atom. The third-order valence-corrected chi connectivity index (χ3v) is 3.30. The van der Waals surface area contributed by atoms with E-state index in [1.165, 1.54) is 0 Å². The van der Waals surface area contributed by atoms with Crippen LogP contribution < -0.4 is 10.1 Å². The lowest BCUT2D eigenvalue weighted by Gasteiger charge is -2.08. The summed E-state index contributed by atoms with van der Waals surface area (Å²) in [6, 6.07) is 10.9. The Labute approximate surface area is 129 Å². The molecule has 0 spiro atoms. The van der Waals surface area contributed by atoms with Crippen LogP contribution in [0.15, 0.2) is 42.6 Å². The molecule has 0 saturated heterocycles. The van der Waals surface area contributed by atoms with E-state index in [9.17, 15) is 4.79 Å². The van der Waals surface area contributed by atoms with Gasteiger partial charge in [-0.2, -0.15) is 0 Å². The van der Waals surface area contributed by atoms with Gasteiger partial charge in [0.1, 0.15) is 0 Å². The van der Waals surface area contributed by atoms with E-state index in [1.54, 1.807) is 18.3 Å². The maximum atomic E-state index is 12.0. The van der Waals surface area contributed by atoms with Crippen molar-refractivity contribution in [3.8, 4) is 5.88 Å². The molecular formula is C16H17ClN2O2. The molecule has 21 heavy (non-hydrogen) atoms.